The number of nitrogen functional groups attached to an aromatic ring is 1. The maximum Gasteiger partial charge on any atom is 0.214 e. The molecule has 8 heteroatoms. The van der Waals surface area contributed by atoms with Crippen molar-refractivity contribution < 1.29 is 0 Å². The predicted molar refractivity (Wildman–Crippen MR) is 75.4 cm³/mol. The fourth-order valence-corrected chi connectivity index (χ4v) is 3.03. The monoisotopic (exact) mass is 338 g/mol. The van der Waals surface area contributed by atoms with Crippen LogP contribution in [0.2, 0.25) is 0 Å². The van der Waals surface area contributed by atoms with Crippen molar-refractivity contribution in [1.29, 1.82) is 5.41 Å². The summed E-state index contributed by atoms with van der Waals surface area (Å²) in [6, 6.07) is 6.08. The Morgan fingerprint density at radius 2 is 2.26 bits per heavy atom. The molecule has 0 unspecified atom stereocenters. The topological polar surface area (TPSA) is 93.5 Å². The van der Waals surface area contributed by atoms with Gasteiger partial charge in [-0.05, 0) is 53.2 Å². The highest BCUT2D eigenvalue weighted by Gasteiger charge is 2.28. The van der Waals surface area contributed by atoms with E-state index in [4.69, 9.17) is 11.1 Å². The summed E-state index contributed by atoms with van der Waals surface area (Å²) in [6.07, 6.45) is 2.25. The van der Waals surface area contributed by atoms with E-state index in [2.05, 4.69) is 31.5 Å². The number of hydrogen-bond acceptors (Lipinski definition) is 5. The zero-order chi connectivity index (χ0) is 13.4. The molecular weight excluding hydrogens is 328 g/mol. The molecule has 0 amide bonds. The highest BCUT2D eigenvalue weighted by Crippen LogP contribution is 2.38. The van der Waals surface area contributed by atoms with Gasteiger partial charge in [-0.25, -0.2) is 4.68 Å². The largest absolute Gasteiger partial charge is 0.384 e. The molecule has 1 saturated carbocycles. The first kappa shape index (κ1) is 12.6. The van der Waals surface area contributed by atoms with Crippen LogP contribution >= 0.6 is 27.7 Å². The first-order chi connectivity index (χ1) is 9.15. The first-order valence-electron chi connectivity index (χ1n) is 5.75. The number of nitrogens with one attached hydrogen (secondary N) is 1. The predicted octanol–water partition coefficient (Wildman–Crippen LogP) is 2.21. The molecule has 0 aliphatic heterocycles. The van der Waals surface area contributed by atoms with Gasteiger partial charge in [-0.2, -0.15) is 0 Å². The molecule has 1 aromatic heterocycles. The summed E-state index contributed by atoms with van der Waals surface area (Å²) in [5.74, 6) is 0.0363. The van der Waals surface area contributed by atoms with Gasteiger partial charge in [0.05, 0.1) is 6.04 Å². The number of rotatable bonds is 4. The highest BCUT2D eigenvalue weighted by atomic mass is 79.9. The maximum atomic E-state index is 7.64. The van der Waals surface area contributed by atoms with E-state index in [1.807, 2.05) is 22.9 Å². The molecule has 0 spiro atoms. The van der Waals surface area contributed by atoms with Crippen molar-refractivity contribution >= 4 is 33.5 Å². The van der Waals surface area contributed by atoms with E-state index >= 15 is 0 Å². The van der Waals surface area contributed by atoms with E-state index in [0.717, 1.165) is 27.4 Å². The second kappa shape index (κ2) is 4.93. The van der Waals surface area contributed by atoms with Gasteiger partial charge in [0.2, 0.25) is 5.16 Å². The Bertz CT molecular complexity index is 636. The number of nitrogens with two attached hydrogens (primary N) is 1. The quantitative estimate of drug-likeness (QED) is 0.658. The number of nitrogens with zero attached hydrogens (tertiary/aromatic N) is 4. The van der Waals surface area contributed by atoms with Crippen LogP contribution in [0.1, 0.15) is 24.4 Å². The third kappa shape index (κ3) is 2.64. The first-order valence-corrected chi connectivity index (χ1v) is 7.36. The Morgan fingerprint density at radius 3 is 2.95 bits per heavy atom. The van der Waals surface area contributed by atoms with Crippen molar-refractivity contribution in [2.24, 2.45) is 5.73 Å². The number of benzene rings is 1. The number of aromatic nitrogens is 4. The summed E-state index contributed by atoms with van der Waals surface area (Å²) in [6.45, 7) is 0. The zero-order valence-corrected chi connectivity index (χ0v) is 12.3. The van der Waals surface area contributed by atoms with Crippen LogP contribution in [0.25, 0.3) is 0 Å². The zero-order valence-electron chi connectivity index (χ0n) is 9.88. The van der Waals surface area contributed by atoms with Gasteiger partial charge in [0.1, 0.15) is 5.84 Å². The van der Waals surface area contributed by atoms with E-state index in [0.29, 0.717) is 11.6 Å². The van der Waals surface area contributed by atoms with Crippen molar-refractivity contribution in [3.05, 3.63) is 28.2 Å². The average Bonchev–Trinajstić information content (AvgIpc) is 3.12. The molecule has 1 aromatic carbocycles. The minimum Gasteiger partial charge on any atom is -0.384 e. The summed E-state index contributed by atoms with van der Waals surface area (Å²) >= 11 is 4.82. The molecule has 2 aromatic rings. The number of amidine groups is 1. The summed E-state index contributed by atoms with van der Waals surface area (Å²) in [5, 5.41) is 20.1. The minimum absolute atomic E-state index is 0.0363. The lowest BCUT2D eigenvalue weighted by Crippen LogP contribution is -2.12. The van der Waals surface area contributed by atoms with Crippen molar-refractivity contribution in [2.75, 3.05) is 0 Å². The summed E-state index contributed by atoms with van der Waals surface area (Å²) in [5.41, 5.74) is 6.30. The van der Waals surface area contributed by atoms with Gasteiger partial charge in [-0.1, -0.05) is 15.9 Å². The van der Waals surface area contributed by atoms with Gasteiger partial charge in [0.15, 0.2) is 0 Å². The van der Waals surface area contributed by atoms with Gasteiger partial charge in [0.25, 0.3) is 0 Å². The molecule has 19 heavy (non-hydrogen) atoms. The van der Waals surface area contributed by atoms with Crippen LogP contribution in [-0.2, 0) is 0 Å². The number of halogens is 1. The van der Waals surface area contributed by atoms with Crippen LogP contribution in [0.5, 0.6) is 0 Å². The molecule has 3 N–H and O–H groups in total. The van der Waals surface area contributed by atoms with Crippen molar-refractivity contribution in [3.8, 4) is 0 Å². The second-order valence-electron chi connectivity index (χ2n) is 4.29. The van der Waals surface area contributed by atoms with E-state index in [1.54, 1.807) is 0 Å². The van der Waals surface area contributed by atoms with E-state index < -0.39 is 0 Å². The van der Waals surface area contributed by atoms with E-state index in [1.165, 1.54) is 11.8 Å². The Balaban J connectivity index is 1.94. The molecule has 6 nitrogen and oxygen atoms in total. The molecule has 0 saturated heterocycles. The van der Waals surface area contributed by atoms with Gasteiger partial charge >= 0.3 is 0 Å². The second-order valence-corrected chi connectivity index (χ2v) is 6.22. The lowest BCUT2D eigenvalue weighted by atomic mass is 10.2. The van der Waals surface area contributed by atoms with Crippen molar-refractivity contribution in [2.45, 2.75) is 28.9 Å². The minimum atomic E-state index is 0.0363. The van der Waals surface area contributed by atoms with Gasteiger partial charge in [-0.15, -0.1) is 5.10 Å². The molecule has 1 aliphatic carbocycles. The van der Waals surface area contributed by atoms with Gasteiger partial charge < -0.3 is 5.73 Å². The van der Waals surface area contributed by atoms with Crippen LogP contribution in [-0.4, -0.2) is 26.0 Å². The Labute approximate surface area is 122 Å². The Hall–Kier alpha value is -1.41. The number of tetrazole rings is 1. The van der Waals surface area contributed by atoms with Crippen LogP contribution < -0.4 is 5.73 Å². The van der Waals surface area contributed by atoms with Crippen LogP contribution in [0, 0.1) is 5.41 Å². The molecule has 1 fully saturated rings. The molecule has 98 valence electrons. The molecule has 0 radical (unpaired) electrons. The Kier molecular flexibility index (Phi) is 3.28. The summed E-state index contributed by atoms with van der Waals surface area (Å²) < 4.78 is 2.74. The Morgan fingerprint density at radius 1 is 1.47 bits per heavy atom. The summed E-state index contributed by atoms with van der Waals surface area (Å²) in [4.78, 5) is 0.882. The lowest BCUT2D eigenvalue weighted by molar-refractivity contribution is 0.565. The maximum absolute atomic E-state index is 7.64. The highest BCUT2D eigenvalue weighted by molar-refractivity contribution is 9.10. The fraction of sp³-hybridized carbons (Fsp3) is 0.273. The van der Waals surface area contributed by atoms with Gasteiger partial charge in [0, 0.05) is 14.9 Å². The van der Waals surface area contributed by atoms with Crippen LogP contribution in [0.15, 0.2) is 32.7 Å². The van der Waals surface area contributed by atoms with Crippen molar-refractivity contribution in [1.82, 2.24) is 20.2 Å². The molecular formula is C11H11BrN6S. The number of hydrogen-bond donors (Lipinski definition) is 2. The van der Waals surface area contributed by atoms with Crippen molar-refractivity contribution in [3.63, 3.8) is 0 Å². The summed E-state index contributed by atoms with van der Waals surface area (Å²) in [7, 11) is 0. The molecule has 0 bridgehead atoms. The third-order valence-electron chi connectivity index (χ3n) is 2.79. The van der Waals surface area contributed by atoms with E-state index in [-0.39, 0.29) is 5.84 Å². The SMILES string of the molecule is N=C(N)c1cc(Br)ccc1Sc1nnnn1C1CC1. The standard InChI is InChI=1S/C11H11BrN6S/c12-6-1-4-9(8(5-6)10(13)14)19-11-15-16-17-18(11)7-2-3-7/h1,4-5,7H,2-3H2,(H3,13,14). The third-order valence-corrected chi connectivity index (χ3v) is 4.31. The average molecular weight is 339 g/mol. The van der Waals surface area contributed by atoms with Crippen LogP contribution in [0.3, 0.4) is 0 Å². The molecule has 1 aliphatic rings. The van der Waals surface area contributed by atoms with Crippen LogP contribution in [0.4, 0.5) is 0 Å². The molecule has 0 atom stereocenters. The fourth-order valence-electron chi connectivity index (χ4n) is 1.70. The smallest absolute Gasteiger partial charge is 0.214 e. The normalized spacial score (nSPS) is 14.6. The van der Waals surface area contributed by atoms with Gasteiger partial charge in [-0.3, -0.25) is 5.41 Å². The molecule has 1 heterocycles. The lowest BCUT2D eigenvalue weighted by Gasteiger charge is -2.08. The molecule has 3 rings (SSSR count). The van der Waals surface area contributed by atoms with E-state index in [9.17, 15) is 0 Å².